The molecule has 1 aliphatic carbocycles. The van der Waals surface area contributed by atoms with Gasteiger partial charge in [-0.1, -0.05) is 31.2 Å². The highest BCUT2D eigenvalue weighted by molar-refractivity contribution is 5.61. The first-order valence-electron chi connectivity index (χ1n) is 9.19. The van der Waals surface area contributed by atoms with Crippen molar-refractivity contribution in [2.75, 3.05) is 0 Å². The summed E-state index contributed by atoms with van der Waals surface area (Å²) >= 11 is 0. The number of halogens is 5. The van der Waals surface area contributed by atoms with E-state index in [-0.39, 0.29) is 23.8 Å². The molecule has 1 aliphatic rings. The third kappa shape index (κ3) is 4.23. The molecule has 0 heterocycles. The summed E-state index contributed by atoms with van der Waals surface area (Å²) < 4.78 is 67.2. The number of rotatable bonds is 4. The highest BCUT2D eigenvalue weighted by atomic mass is 19.2. The van der Waals surface area contributed by atoms with Gasteiger partial charge in [-0.05, 0) is 67.2 Å². The van der Waals surface area contributed by atoms with E-state index >= 15 is 0 Å². The standard InChI is InChI=1S/C22H21F5/c1-2-18(23)21(26)16-9-7-14(8-10-16)13-3-5-15(6-4-13)17-11-19(24)22(27)20(25)12-17/h7-13,15H,2-6H2,1H3. The van der Waals surface area contributed by atoms with E-state index in [1.165, 1.54) is 0 Å². The van der Waals surface area contributed by atoms with Crippen LogP contribution in [-0.2, 0) is 0 Å². The van der Waals surface area contributed by atoms with Gasteiger partial charge >= 0.3 is 0 Å². The zero-order valence-corrected chi connectivity index (χ0v) is 15.0. The van der Waals surface area contributed by atoms with Crippen LogP contribution in [0.1, 0.15) is 67.6 Å². The minimum absolute atomic E-state index is 0.0100. The Balaban J connectivity index is 1.67. The first-order chi connectivity index (χ1) is 12.9. The molecule has 0 unspecified atom stereocenters. The van der Waals surface area contributed by atoms with Crippen molar-refractivity contribution in [2.24, 2.45) is 0 Å². The van der Waals surface area contributed by atoms with Crippen LogP contribution in [0.25, 0.3) is 5.83 Å². The number of allylic oxidation sites excluding steroid dienone is 1. The molecule has 0 radical (unpaired) electrons. The Labute approximate surface area is 155 Å². The summed E-state index contributed by atoms with van der Waals surface area (Å²) in [6, 6.07) is 8.93. The molecule has 2 aromatic carbocycles. The lowest BCUT2D eigenvalue weighted by Gasteiger charge is -2.29. The molecule has 0 aliphatic heterocycles. The van der Waals surface area contributed by atoms with Crippen LogP contribution in [0, 0.1) is 17.5 Å². The molecule has 1 fully saturated rings. The average molecular weight is 380 g/mol. The van der Waals surface area contributed by atoms with E-state index in [1.807, 2.05) is 0 Å². The molecular weight excluding hydrogens is 359 g/mol. The van der Waals surface area contributed by atoms with Crippen LogP contribution in [0.2, 0.25) is 0 Å². The summed E-state index contributed by atoms with van der Waals surface area (Å²) in [5.74, 6) is -5.09. The topological polar surface area (TPSA) is 0 Å². The second-order valence-corrected chi connectivity index (χ2v) is 7.04. The maximum atomic E-state index is 13.9. The molecule has 2 aromatic rings. The lowest BCUT2D eigenvalue weighted by atomic mass is 9.76. The van der Waals surface area contributed by atoms with Crippen LogP contribution in [-0.4, -0.2) is 0 Å². The zero-order chi connectivity index (χ0) is 19.6. The average Bonchev–Trinajstić information content (AvgIpc) is 2.70. The highest BCUT2D eigenvalue weighted by Crippen LogP contribution is 2.41. The SMILES string of the molecule is CCC(F)=C(F)c1ccc(C2CCC(c3cc(F)c(F)c(F)c3)CC2)cc1. The van der Waals surface area contributed by atoms with Crippen molar-refractivity contribution >= 4 is 5.83 Å². The molecule has 0 amide bonds. The maximum Gasteiger partial charge on any atom is 0.194 e. The molecule has 1 saturated carbocycles. The van der Waals surface area contributed by atoms with Crippen LogP contribution in [0.5, 0.6) is 0 Å². The van der Waals surface area contributed by atoms with E-state index in [2.05, 4.69) is 0 Å². The van der Waals surface area contributed by atoms with E-state index in [9.17, 15) is 22.0 Å². The molecule has 0 spiro atoms. The van der Waals surface area contributed by atoms with Gasteiger partial charge in [0, 0.05) is 5.56 Å². The van der Waals surface area contributed by atoms with E-state index < -0.39 is 29.1 Å². The van der Waals surface area contributed by atoms with E-state index in [0.29, 0.717) is 5.56 Å². The summed E-state index contributed by atoms with van der Waals surface area (Å²) in [5.41, 5.74) is 1.75. The molecule has 3 rings (SSSR count). The normalized spacial score (nSPS) is 21.1. The van der Waals surface area contributed by atoms with Crippen molar-refractivity contribution in [1.82, 2.24) is 0 Å². The van der Waals surface area contributed by atoms with Gasteiger partial charge in [0.15, 0.2) is 23.3 Å². The predicted molar refractivity (Wildman–Crippen MR) is 96.1 cm³/mol. The lowest BCUT2D eigenvalue weighted by Crippen LogP contribution is -2.13. The maximum absolute atomic E-state index is 13.9. The van der Waals surface area contributed by atoms with Gasteiger partial charge in [-0.3, -0.25) is 0 Å². The third-order valence-electron chi connectivity index (χ3n) is 5.39. The Morgan fingerprint density at radius 3 is 1.78 bits per heavy atom. The van der Waals surface area contributed by atoms with Crippen molar-refractivity contribution in [1.29, 1.82) is 0 Å². The summed E-state index contributed by atoms with van der Waals surface area (Å²) in [5, 5.41) is 0. The van der Waals surface area contributed by atoms with Gasteiger partial charge in [0.2, 0.25) is 0 Å². The largest absolute Gasteiger partial charge is 0.209 e. The predicted octanol–water partition coefficient (Wildman–Crippen LogP) is 7.56. The number of hydrogen-bond donors (Lipinski definition) is 0. The first-order valence-corrected chi connectivity index (χ1v) is 9.19. The molecule has 0 bridgehead atoms. The summed E-state index contributed by atoms with van der Waals surface area (Å²) in [6.45, 7) is 1.56. The second-order valence-electron chi connectivity index (χ2n) is 7.04. The molecule has 5 heteroatoms. The van der Waals surface area contributed by atoms with Gasteiger partial charge in [0.1, 0.15) is 5.83 Å². The Hall–Kier alpha value is -2.17. The van der Waals surface area contributed by atoms with Gasteiger partial charge in [0.05, 0.1) is 0 Å². The van der Waals surface area contributed by atoms with Crippen molar-refractivity contribution in [3.63, 3.8) is 0 Å². The Bertz CT molecular complexity index is 807. The molecule has 27 heavy (non-hydrogen) atoms. The van der Waals surface area contributed by atoms with Gasteiger partial charge in [-0.25, -0.2) is 22.0 Å². The molecule has 0 atom stereocenters. The molecule has 0 saturated heterocycles. The van der Waals surface area contributed by atoms with Crippen molar-refractivity contribution in [2.45, 2.75) is 50.9 Å². The summed E-state index contributed by atoms with van der Waals surface area (Å²) in [7, 11) is 0. The molecule has 0 aromatic heterocycles. The molecular formula is C22H21F5. The van der Waals surface area contributed by atoms with E-state index in [4.69, 9.17) is 0 Å². The van der Waals surface area contributed by atoms with Crippen LogP contribution in [0.15, 0.2) is 42.2 Å². The zero-order valence-electron chi connectivity index (χ0n) is 15.0. The fraction of sp³-hybridized carbons (Fsp3) is 0.364. The Morgan fingerprint density at radius 2 is 1.30 bits per heavy atom. The van der Waals surface area contributed by atoms with Gasteiger partial charge in [0.25, 0.3) is 0 Å². The minimum atomic E-state index is -1.44. The molecule has 0 nitrogen and oxygen atoms in total. The van der Waals surface area contributed by atoms with Gasteiger partial charge in [-0.15, -0.1) is 0 Å². The smallest absolute Gasteiger partial charge is 0.194 e. The lowest BCUT2D eigenvalue weighted by molar-refractivity contribution is 0.389. The van der Waals surface area contributed by atoms with E-state index in [1.54, 1.807) is 31.2 Å². The van der Waals surface area contributed by atoms with Gasteiger partial charge < -0.3 is 0 Å². The van der Waals surface area contributed by atoms with Crippen LogP contribution < -0.4 is 0 Å². The first kappa shape index (κ1) is 19.6. The van der Waals surface area contributed by atoms with E-state index in [0.717, 1.165) is 43.4 Å². The fourth-order valence-electron chi connectivity index (χ4n) is 3.78. The summed E-state index contributed by atoms with van der Waals surface area (Å²) in [6.07, 6.45) is 3.10. The summed E-state index contributed by atoms with van der Waals surface area (Å²) in [4.78, 5) is 0. The van der Waals surface area contributed by atoms with Crippen LogP contribution >= 0.6 is 0 Å². The number of benzene rings is 2. The van der Waals surface area contributed by atoms with Crippen molar-refractivity contribution in [3.05, 3.63) is 76.4 Å². The van der Waals surface area contributed by atoms with Crippen molar-refractivity contribution < 1.29 is 22.0 Å². The second kappa shape index (κ2) is 8.24. The molecule has 0 N–H and O–H groups in total. The monoisotopic (exact) mass is 380 g/mol. The van der Waals surface area contributed by atoms with Crippen molar-refractivity contribution in [3.8, 4) is 0 Å². The number of hydrogen-bond acceptors (Lipinski definition) is 0. The Morgan fingerprint density at radius 1 is 0.815 bits per heavy atom. The molecule has 144 valence electrons. The van der Waals surface area contributed by atoms with Crippen LogP contribution in [0.4, 0.5) is 22.0 Å². The minimum Gasteiger partial charge on any atom is -0.209 e. The highest BCUT2D eigenvalue weighted by Gasteiger charge is 2.25. The Kier molecular flexibility index (Phi) is 5.98. The third-order valence-corrected chi connectivity index (χ3v) is 5.39. The van der Waals surface area contributed by atoms with Gasteiger partial charge in [-0.2, -0.15) is 0 Å². The quantitative estimate of drug-likeness (QED) is 0.379. The fourth-order valence-corrected chi connectivity index (χ4v) is 3.78. The van der Waals surface area contributed by atoms with Crippen LogP contribution in [0.3, 0.4) is 0 Å².